The predicted octanol–water partition coefficient (Wildman–Crippen LogP) is 4.61. The second kappa shape index (κ2) is 10.2. The van der Waals surface area contributed by atoms with Crippen LogP contribution in [0.5, 0.6) is 5.75 Å². The van der Waals surface area contributed by atoms with E-state index in [0.29, 0.717) is 23.4 Å². The van der Waals surface area contributed by atoms with Crippen molar-refractivity contribution in [3.8, 4) is 5.75 Å². The van der Waals surface area contributed by atoms with Crippen LogP contribution in [-0.4, -0.2) is 29.7 Å². The third kappa shape index (κ3) is 7.11. The Bertz CT molecular complexity index is 738. The smallest absolute Gasteiger partial charge is 0.387 e. The van der Waals surface area contributed by atoms with Gasteiger partial charge in [-0.2, -0.15) is 8.78 Å². The number of benzene rings is 2. The summed E-state index contributed by atoms with van der Waals surface area (Å²) in [4.78, 5) is 2.28. The molecule has 7 heteroatoms. The van der Waals surface area contributed by atoms with E-state index in [0.717, 1.165) is 6.54 Å². The SMILES string of the molecule is CC(C)N(C)Cc1ccccc1CNC(=S)Nc1ccc(OC(F)F)cc1. The van der Waals surface area contributed by atoms with Crippen LogP contribution >= 0.6 is 12.2 Å². The van der Waals surface area contributed by atoms with E-state index in [2.05, 4.69) is 53.3 Å². The lowest BCUT2D eigenvalue weighted by molar-refractivity contribution is -0.0498. The van der Waals surface area contributed by atoms with Crippen LogP contribution in [0.25, 0.3) is 0 Å². The highest BCUT2D eigenvalue weighted by Crippen LogP contribution is 2.18. The molecule has 0 aliphatic carbocycles. The van der Waals surface area contributed by atoms with Crippen LogP contribution in [0.15, 0.2) is 48.5 Å². The van der Waals surface area contributed by atoms with Crippen molar-refractivity contribution in [3.63, 3.8) is 0 Å². The van der Waals surface area contributed by atoms with Crippen LogP contribution < -0.4 is 15.4 Å². The van der Waals surface area contributed by atoms with Gasteiger partial charge in [0.05, 0.1) is 0 Å². The van der Waals surface area contributed by atoms with Gasteiger partial charge in [0.2, 0.25) is 0 Å². The number of hydrogen-bond donors (Lipinski definition) is 2. The lowest BCUT2D eigenvalue weighted by Crippen LogP contribution is -2.29. The maximum atomic E-state index is 12.2. The van der Waals surface area contributed by atoms with Crippen LogP contribution in [0.4, 0.5) is 14.5 Å². The van der Waals surface area contributed by atoms with Gasteiger partial charge in [-0.05, 0) is 68.5 Å². The molecule has 0 spiro atoms. The summed E-state index contributed by atoms with van der Waals surface area (Å²) in [6.45, 7) is 2.96. The number of nitrogens with one attached hydrogen (secondary N) is 2. The molecule has 0 saturated carbocycles. The van der Waals surface area contributed by atoms with Gasteiger partial charge in [-0.1, -0.05) is 24.3 Å². The molecule has 0 aromatic heterocycles. The quantitative estimate of drug-likeness (QED) is 0.641. The van der Waals surface area contributed by atoms with Crippen LogP contribution in [-0.2, 0) is 13.1 Å². The zero-order valence-corrected chi connectivity index (χ0v) is 16.5. The average Bonchev–Trinajstić information content (AvgIpc) is 2.62. The van der Waals surface area contributed by atoms with E-state index >= 15 is 0 Å². The summed E-state index contributed by atoms with van der Waals surface area (Å²) in [6, 6.07) is 14.9. The molecule has 0 heterocycles. The van der Waals surface area contributed by atoms with Crippen molar-refractivity contribution in [1.82, 2.24) is 10.2 Å². The van der Waals surface area contributed by atoms with E-state index < -0.39 is 6.61 Å². The van der Waals surface area contributed by atoms with Crippen molar-refractivity contribution in [1.29, 1.82) is 0 Å². The molecular weight excluding hydrogens is 368 g/mol. The van der Waals surface area contributed by atoms with Crippen LogP contribution in [0, 0.1) is 0 Å². The molecule has 0 amide bonds. The van der Waals surface area contributed by atoms with Gasteiger partial charge in [0, 0.05) is 24.8 Å². The lowest BCUT2D eigenvalue weighted by Gasteiger charge is -2.23. The highest BCUT2D eigenvalue weighted by molar-refractivity contribution is 7.80. The van der Waals surface area contributed by atoms with Gasteiger partial charge in [-0.3, -0.25) is 4.90 Å². The van der Waals surface area contributed by atoms with E-state index in [1.54, 1.807) is 12.1 Å². The molecule has 0 radical (unpaired) electrons. The summed E-state index contributed by atoms with van der Waals surface area (Å²) < 4.78 is 28.7. The summed E-state index contributed by atoms with van der Waals surface area (Å²) in [5.74, 6) is 0.109. The van der Waals surface area contributed by atoms with Crippen molar-refractivity contribution >= 4 is 23.0 Å². The zero-order valence-electron chi connectivity index (χ0n) is 15.7. The van der Waals surface area contributed by atoms with Gasteiger partial charge >= 0.3 is 6.61 Å². The van der Waals surface area contributed by atoms with E-state index in [-0.39, 0.29) is 5.75 Å². The van der Waals surface area contributed by atoms with Gasteiger partial charge in [0.1, 0.15) is 5.75 Å². The summed E-state index contributed by atoms with van der Waals surface area (Å²) >= 11 is 5.33. The van der Waals surface area contributed by atoms with Crippen LogP contribution in [0.3, 0.4) is 0 Å². The largest absolute Gasteiger partial charge is 0.435 e. The minimum Gasteiger partial charge on any atom is -0.435 e. The maximum absolute atomic E-state index is 12.2. The number of ether oxygens (including phenoxy) is 1. The maximum Gasteiger partial charge on any atom is 0.387 e. The van der Waals surface area contributed by atoms with E-state index in [1.807, 2.05) is 12.1 Å². The molecule has 2 N–H and O–H groups in total. The summed E-state index contributed by atoms with van der Waals surface area (Å²) in [5, 5.41) is 6.69. The van der Waals surface area contributed by atoms with Crippen LogP contribution in [0.2, 0.25) is 0 Å². The van der Waals surface area contributed by atoms with Crippen molar-refractivity contribution < 1.29 is 13.5 Å². The highest BCUT2D eigenvalue weighted by atomic mass is 32.1. The van der Waals surface area contributed by atoms with Gasteiger partial charge < -0.3 is 15.4 Å². The first kappa shape index (κ1) is 21.1. The first-order chi connectivity index (χ1) is 12.8. The number of nitrogens with zero attached hydrogens (tertiary/aromatic N) is 1. The fourth-order valence-electron chi connectivity index (χ4n) is 2.41. The molecule has 0 unspecified atom stereocenters. The highest BCUT2D eigenvalue weighted by Gasteiger charge is 2.09. The standard InChI is InChI=1S/C20H25F2N3OS/c1-14(2)25(3)13-16-7-5-4-6-15(16)12-23-20(27)24-17-8-10-18(11-9-17)26-19(21)22/h4-11,14,19H,12-13H2,1-3H3,(H2,23,24,27). The molecule has 2 aromatic rings. The molecule has 2 rings (SSSR count). The zero-order chi connectivity index (χ0) is 19.8. The monoisotopic (exact) mass is 393 g/mol. The van der Waals surface area contributed by atoms with Crippen LogP contribution in [0.1, 0.15) is 25.0 Å². The minimum absolute atomic E-state index is 0.109. The number of thiocarbonyl (C=S) groups is 1. The number of alkyl halides is 2. The molecule has 2 aromatic carbocycles. The lowest BCUT2D eigenvalue weighted by atomic mass is 10.1. The third-order valence-corrected chi connectivity index (χ3v) is 4.44. The first-order valence-corrected chi connectivity index (χ1v) is 9.12. The van der Waals surface area contributed by atoms with Gasteiger partial charge in [0.15, 0.2) is 5.11 Å². The van der Waals surface area contributed by atoms with E-state index in [9.17, 15) is 8.78 Å². The minimum atomic E-state index is -2.83. The summed E-state index contributed by atoms with van der Waals surface area (Å²) in [7, 11) is 2.10. The van der Waals surface area contributed by atoms with Crippen molar-refractivity contribution in [3.05, 3.63) is 59.7 Å². The Kier molecular flexibility index (Phi) is 7.94. The predicted molar refractivity (Wildman–Crippen MR) is 109 cm³/mol. The summed E-state index contributed by atoms with van der Waals surface area (Å²) in [6.07, 6.45) is 0. The summed E-state index contributed by atoms with van der Waals surface area (Å²) in [5.41, 5.74) is 3.12. The molecule has 0 bridgehead atoms. The first-order valence-electron chi connectivity index (χ1n) is 8.72. The molecule has 0 fully saturated rings. The van der Waals surface area contributed by atoms with Gasteiger partial charge in [-0.25, -0.2) is 0 Å². The van der Waals surface area contributed by atoms with Crippen molar-refractivity contribution in [2.45, 2.75) is 39.6 Å². The van der Waals surface area contributed by atoms with Gasteiger partial charge in [-0.15, -0.1) is 0 Å². The molecule has 146 valence electrons. The molecule has 0 aliphatic rings. The average molecular weight is 394 g/mol. The fraction of sp³-hybridized carbons (Fsp3) is 0.350. The van der Waals surface area contributed by atoms with Gasteiger partial charge in [0.25, 0.3) is 0 Å². The molecule has 4 nitrogen and oxygen atoms in total. The third-order valence-electron chi connectivity index (χ3n) is 4.20. The second-order valence-electron chi connectivity index (χ2n) is 6.49. The molecular formula is C20H25F2N3OS. The second-order valence-corrected chi connectivity index (χ2v) is 6.90. The Morgan fingerprint density at radius 2 is 1.70 bits per heavy atom. The fourth-order valence-corrected chi connectivity index (χ4v) is 2.60. The van der Waals surface area contributed by atoms with E-state index in [4.69, 9.17) is 12.2 Å². The van der Waals surface area contributed by atoms with Crippen molar-refractivity contribution in [2.75, 3.05) is 12.4 Å². The number of halogens is 2. The molecule has 0 aliphatic heterocycles. The number of anilines is 1. The molecule has 0 atom stereocenters. The number of rotatable bonds is 8. The molecule has 0 saturated heterocycles. The van der Waals surface area contributed by atoms with Crippen molar-refractivity contribution in [2.24, 2.45) is 0 Å². The Balaban J connectivity index is 1.90. The number of hydrogen-bond acceptors (Lipinski definition) is 3. The Morgan fingerprint density at radius 1 is 1.07 bits per heavy atom. The Hall–Kier alpha value is -2.25. The normalized spacial score (nSPS) is 11.1. The Morgan fingerprint density at radius 3 is 2.30 bits per heavy atom. The molecule has 27 heavy (non-hydrogen) atoms. The topological polar surface area (TPSA) is 36.5 Å². The van der Waals surface area contributed by atoms with E-state index in [1.165, 1.54) is 23.3 Å². The Labute approximate surface area is 164 Å².